The summed E-state index contributed by atoms with van der Waals surface area (Å²) in [5.74, 6) is 0.880. The van der Waals surface area contributed by atoms with Crippen LogP contribution in [0.5, 0.6) is 0 Å². The van der Waals surface area contributed by atoms with Gasteiger partial charge in [-0.05, 0) is 53.4 Å². The van der Waals surface area contributed by atoms with Crippen LogP contribution in [0, 0.1) is 5.92 Å². The lowest BCUT2D eigenvalue weighted by Gasteiger charge is -2.22. The van der Waals surface area contributed by atoms with E-state index in [-0.39, 0.29) is 12.0 Å². The van der Waals surface area contributed by atoms with Gasteiger partial charge in [0, 0.05) is 10.9 Å². The molecule has 0 radical (unpaired) electrons. The first-order chi connectivity index (χ1) is 8.52. The number of hydrogen-bond donors (Lipinski definition) is 1. The molecule has 0 saturated carbocycles. The second kappa shape index (κ2) is 6.03. The third-order valence-corrected chi connectivity index (χ3v) is 6.75. The fraction of sp³-hybridized carbons (Fsp3) is 0.667. The summed E-state index contributed by atoms with van der Waals surface area (Å²) in [6.45, 7) is 3.05. The number of rotatable bonds is 5. The predicted octanol–water partition coefficient (Wildman–Crippen LogP) is 2.99. The number of hydrogen-bond acceptors (Lipinski definition) is 4. The molecule has 0 amide bonds. The Kier molecular flexibility index (Phi) is 4.86. The summed E-state index contributed by atoms with van der Waals surface area (Å²) in [4.78, 5) is 1.23. The van der Waals surface area contributed by atoms with Gasteiger partial charge in [-0.3, -0.25) is 0 Å². The maximum Gasteiger partial charge on any atom is 0.150 e. The minimum Gasteiger partial charge on any atom is -0.309 e. The molecule has 0 aliphatic carbocycles. The molecule has 2 unspecified atom stereocenters. The van der Waals surface area contributed by atoms with Crippen molar-refractivity contribution in [1.82, 2.24) is 5.32 Å². The Balaban J connectivity index is 2.15. The lowest BCUT2D eigenvalue weighted by atomic mass is 9.97. The Labute approximate surface area is 121 Å². The fourth-order valence-corrected chi connectivity index (χ4v) is 5.81. The zero-order valence-electron chi connectivity index (χ0n) is 10.4. The van der Waals surface area contributed by atoms with E-state index in [2.05, 4.69) is 34.2 Å². The zero-order valence-corrected chi connectivity index (χ0v) is 13.6. The number of thiophene rings is 1. The Bertz CT molecular complexity index is 498. The number of nitrogens with one attached hydrogen (secondary N) is 1. The van der Waals surface area contributed by atoms with E-state index in [1.54, 1.807) is 11.3 Å². The largest absolute Gasteiger partial charge is 0.309 e. The quantitative estimate of drug-likeness (QED) is 0.886. The second-order valence-electron chi connectivity index (χ2n) is 4.74. The third-order valence-electron chi connectivity index (χ3n) is 3.25. The molecule has 3 nitrogen and oxygen atoms in total. The topological polar surface area (TPSA) is 46.2 Å². The molecule has 1 aliphatic heterocycles. The van der Waals surface area contributed by atoms with E-state index in [1.807, 2.05) is 6.07 Å². The van der Waals surface area contributed by atoms with E-state index in [1.165, 1.54) is 4.88 Å². The summed E-state index contributed by atoms with van der Waals surface area (Å²) in [5, 5.41) is 3.50. The van der Waals surface area contributed by atoms with Crippen LogP contribution in [0.4, 0.5) is 0 Å². The highest BCUT2D eigenvalue weighted by atomic mass is 79.9. The minimum atomic E-state index is -2.81. The normalized spacial score (nSPS) is 24.2. The summed E-state index contributed by atoms with van der Waals surface area (Å²) in [7, 11) is -2.81. The minimum absolute atomic E-state index is 0.179. The van der Waals surface area contributed by atoms with E-state index in [9.17, 15) is 8.42 Å². The van der Waals surface area contributed by atoms with Gasteiger partial charge in [0.15, 0.2) is 9.84 Å². The monoisotopic (exact) mass is 351 g/mol. The fourth-order valence-electron chi connectivity index (χ4n) is 2.38. The van der Waals surface area contributed by atoms with Crippen LogP contribution in [-0.2, 0) is 9.84 Å². The summed E-state index contributed by atoms with van der Waals surface area (Å²) >= 11 is 5.16. The first kappa shape index (κ1) is 14.5. The molecule has 2 atom stereocenters. The molecule has 1 fully saturated rings. The Morgan fingerprint density at radius 3 is 2.83 bits per heavy atom. The zero-order chi connectivity index (χ0) is 13.2. The molecule has 1 aliphatic rings. The first-order valence-electron chi connectivity index (χ1n) is 6.21. The molecule has 1 saturated heterocycles. The molecule has 2 heterocycles. The van der Waals surface area contributed by atoms with Crippen LogP contribution >= 0.6 is 27.3 Å². The van der Waals surface area contributed by atoms with Crippen molar-refractivity contribution in [3.05, 3.63) is 20.8 Å². The smallest absolute Gasteiger partial charge is 0.150 e. The summed E-state index contributed by atoms with van der Waals surface area (Å²) in [6.07, 6.45) is 1.84. The predicted molar refractivity (Wildman–Crippen MR) is 79.8 cm³/mol. The Morgan fingerprint density at radius 1 is 1.56 bits per heavy atom. The van der Waals surface area contributed by atoms with Gasteiger partial charge in [-0.15, -0.1) is 11.3 Å². The molecule has 1 N–H and O–H groups in total. The Hall–Kier alpha value is 0.0900. The maximum absolute atomic E-state index is 11.6. The molecule has 2 rings (SSSR count). The maximum atomic E-state index is 11.6. The standard InChI is InChI=1S/C12H18BrNO2S2/c1-2-6-14-12(10-3-4-11(13)17-10)9-5-7-18(15,16)8-9/h3-4,9,12,14H,2,5-8H2,1H3. The van der Waals surface area contributed by atoms with Crippen molar-refractivity contribution in [3.63, 3.8) is 0 Å². The summed E-state index contributed by atoms with van der Waals surface area (Å²) in [5.41, 5.74) is 0. The number of sulfone groups is 1. The highest BCUT2D eigenvalue weighted by Crippen LogP contribution is 2.36. The van der Waals surface area contributed by atoms with Gasteiger partial charge < -0.3 is 5.32 Å². The molecular weight excluding hydrogens is 334 g/mol. The van der Waals surface area contributed by atoms with E-state index in [4.69, 9.17) is 0 Å². The van der Waals surface area contributed by atoms with Crippen LogP contribution in [0.25, 0.3) is 0 Å². The van der Waals surface area contributed by atoms with Gasteiger partial charge in [-0.1, -0.05) is 6.92 Å². The van der Waals surface area contributed by atoms with Crippen LogP contribution in [-0.4, -0.2) is 26.5 Å². The molecule has 6 heteroatoms. The molecule has 0 bridgehead atoms. The van der Waals surface area contributed by atoms with E-state index < -0.39 is 9.84 Å². The third kappa shape index (κ3) is 3.56. The van der Waals surface area contributed by atoms with E-state index >= 15 is 0 Å². The average molecular weight is 352 g/mol. The van der Waals surface area contributed by atoms with Crippen LogP contribution in [0.3, 0.4) is 0 Å². The molecule has 18 heavy (non-hydrogen) atoms. The van der Waals surface area contributed by atoms with Gasteiger partial charge >= 0.3 is 0 Å². The van der Waals surface area contributed by atoms with Crippen LogP contribution < -0.4 is 5.32 Å². The Morgan fingerprint density at radius 2 is 2.33 bits per heavy atom. The highest BCUT2D eigenvalue weighted by molar-refractivity contribution is 9.11. The number of halogens is 1. The van der Waals surface area contributed by atoms with E-state index in [0.717, 1.165) is 23.2 Å². The van der Waals surface area contributed by atoms with Crippen molar-refractivity contribution in [2.45, 2.75) is 25.8 Å². The molecule has 102 valence electrons. The molecule has 0 spiro atoms. The van der Waals surface area contributed by atoms with Gasteiger partial charge in [0.1, 0.15) is 0 Å². The average Bonchev–Trinajstić information content (AvgIpc) is 2.86. The lowest BCUT2D eigenvalue weighted by Crippen LogP contribution is -2.29. The van der Waals surface area contributed by atoms with Crippen molar-refractivity contribution >= 4 is 37.1 Å². The van der Waals surface area contributed by atoms with Gasteiger partial charge in [0.05, 0.1) is 15.3 Å². The summed E-state index contributed by atoms with van der Waals surface area (Å²) < 4.78 is 24.3. The molecule has 1 aromatic rings. The van der Waals surface area contributed by atoms with Crippen molar-refractivity contribution in [1.29, 1.82) is 0 Å². The molecular formula is C12H18BrNO2S2. The van der Waals surface area contributed by atoms with Crippen LogP contribution in [0.2, 0.25) is 0 Å². The molecule has 0 aromatic carbocycles. The SMILES string of the molecule is CCCNC(c1ccc(Br)s1)C1CCS(=O)(=O)C1. The lowest BCUT2D eigenvalue weighted by molar-refractivity contribution is 0.398. The van der Waals surface area contributed by atoms with Crippen LogP contribution in [0.15, 0.2) is 15.9 Å². The van der Waals surface area contributed by atoms with Crippen LogP contribution in [0.1, 0.15) is 30.7 Å². The highest BCUT2D eigenvalue weighted by Gasteiger charge is 2.34. The van der Waals surface area contributed by atoms with Crippen molar-refractivity contribution < 1.29 is 8.42 Å². The van der Waals surface area contributed by atoms with E-state index in [0.29, 0.717) is 11.5 Å². The van der Waals surface area contributed by atoms with Crippen molar-refractivity contribution in [2.24, 2.45) is 5.92 Å². The van der Waals surface area contributed by atoms with Gasteiger partial charge in [0.25, 0.3) is 0 Å². The van der Waals surface area contributed by atoms with Gasteiger partial charge in [0.2, 0.25) is 0 Å². The van der Waals surface area contributed by atoms with Crippen molar-refractivity contribution in [3.8, 4) is 0 Å². The second-order valence-corrected chi connectivity index (χ2v) is 9.46. The van der Waals surface area contributed by atoms with Crippen molar-refractivity contribution in [2.75, 3.05) is 18.1 Å². The van der Waals surface area contributed by atoms with Gasteiger partial charge in [-0.25, -0.2) is 8.42 Å². The first-order valence-corrected chi connectivity index (χ1v) is 9.64. The molecule has 1 aromatic heterocycles. The van der Waals surface area contributed by atoms with Gasteiger partial charge in [-0.2, -0.15) is 0 Å². The summed E-state index contributed by atoms with van der Waals surface area (Å²) in [6, 6.07) is 4.30.